The monoisotopic (exact) mass is 535 g/mol. The molecule has 4 aromatic rings. The highest BCUT2D eigenvalue weighted by Gasteiger charge is 2.14. The minimum Gasteiger partial charge on any atom is -0.476 e. The summed E-state index contributed by atoms with van der Waals surface area (Å²) in [7, 11) is 3.96. The number of rotatable bonds is 10. The first-order valence-corrected chi connectivity index (χ1v) is 13.2. The number of carbonyl (C=O) groups is 3. The molecule has 4 rings (SSSR count). The summed E-state index contributed by atoms with van der Waals surface area (Å²) in [5.74, 6) is -1.42. The van der Waals surface area contributed by atoms with Gasteiger partial charge in [-0.05, 0) is 75.6 Å². The highest BCUT2D eigenvalue weighted by Crippen LogP contribution is 2.27. The second-order valence-electron chi connectivity index (χ2n) is 8.44. The van der Waals surface area contributed by atoms with Crippen molar-refractivity contribution in [2.45, 2.75) is 12.8 Å². The Bertz CT molecular complexity index is 1400. The zero-order valence-electron chi connectivity index (χ0n) is 20.2. The van der Waals surface area contributed by atoms with Crippen LogP contribution in [0.15, 0.2) is 59.3 Å². The molecule has 0 spiro atoms. The Morgan fingerprint density at radius 1 is 0.811 bits per heavy atom. The second kappa shape index (κ2) is 11.9. The maximum Gasteiger partial charge on any atom is 0.355 e. The van der Waals surface area contributed by atoms with Gasteiger partial charge in [0, 0.05) is 39.7 Å². The third-order valence-corrected chi connectivity index (χ3v) is 7.06. The van der Waals surface area contributed by atoms with Crippen LogP contribution in [-0.2, 0) is 4.79 Å². The first-order chi connectivity index (χ1) is 17.8. The van der Waals surface area contributed by atoms with Crippen molar-refractivity contribution < 1.29 is 19.5 Å². The lowest BCUT2D eigenvalue weighted by Gasteiger charge is -2.09. The van der Waals surface area contributed by atoms with Gasteiger partial charge in [-0.25, -0.2) is 14.8 Å². The Hall–Kier alpha value is -3.93. The smallest absolute Gasteiger partial charge is 0.355 e. The van der Waals surface area contributed by atoms with E-state index >= 15 is 0 Å². The Morgan fingerprint density at radius 2 is 1.32 bits per heavy atom. The van der Waals surface area contributed by atoms with Gasteiger partial charge < -0.3 is 20.6 Å². The number of carboxylic acids is 1. The molecule has 2 aromatic carbocycles. The average Bonchev–Trinajstić information content (AvgIpc) is 3.56. The molecule has 0 unspecified atom stereocenters. The summed E-state index contributed by atoms with van der Waals surface area (Å²) >= 11 is 2.61. The molecule has 0 aliphatic heterocycles. The lowest BCUT2D eigenvalue weighted by atomic mass is 10.2. The molecule has 0 aliphatic rings. The molecule has 0 fully saturated rings. The Kier molecular flexibility index (Phi) is 8.39. The van der Waals surface area contributed by atoms with Crippen LogP contribution in [0.4, 0.5) is 11.4 Å². The molecule has 2 heterocycles. The van der Waals surface area contributed by atoms with Crippen molar-refractivity contribution >= 4 is 51.8 Å². The Balaban J connectivity index is 1.33. The molecule has 0 bridgehead atoms. The predicted molar refractivity (Wildman–Crippen MR) is 146 cm³/mol. The lowest BCUT2D eigenvalue weighted by Crippen LogP contribution is -2.17. The number of hydrogen-bond donors (Lipinski definition) is 3. The number of carboxylic acid groups (broad SMARTS) is 1. The average molecular weight is 536 g/mol. The minimum atomic E-state index is -1.07. The van der Waals surface area contributed by atoms with Crippen LogP contribution in [0.3, 0.4) is 0 Å². The van der Waals surface area contributed by atoms with Crippen LogP contribution in [0.2, 0.25) is 0 Å². The number of thiazole rings is 2. The van der Waals surface area contributed by atoms with Gasteiger partial charge in [-0.1, -0.05) is 0 Å². The number of nitrogens with one attached hydrogen (secondary N) is 2. The topological polar surface area (TPSA) is 125 Å². The summed E-state index contributed by atoms with van der Waals surface area (Å²) in [5, 5.41) is 19.2. The van der Waals surface area contributed by atoms with E-state index in [4.69, 9.17) is 5.11 Å². The number of benzene rings is 2. The minimum absolute atomic E-state index is 0.00622. The normalized spacial score (nSPS) is 10.9. The van der Waals surface area contributed by atoms with E-state index in [-0.39, 0.29) is 17.5 Å². The highest BCUT2D eigenvalue weighted by molar-refractivity contribution is 7.13. The van der Waals surface area contributed by atoms with E-state index in [1.54, 1.807) is 29.6 Å². The molecule has 11 heteroatoms. The summed E-state index contributed by atoms with van der Waals surface area (Å²) in [6, 6.07) is 14.4. The molecular weight excluding hydrogens is 510 g/mol. The van der Waals surface area contributed by atoms with Crippen molar-refractivity contribution in [2.75, 3.05) is 31.3 Å². The van der Waals surface area contributed by atoms with Crippen molar-refractivity contribution in [3.63, 3.8) is 0 Å². The Labute approximate surface area is 221 Å². The zero-order chi connectivity index (χ0) is 26.4. The number of aromatic nitrogens is 2. The van der Waals surface area contributed by atoms with Gasteiger partial charge in [-0.2, -0.15) is 0 Å². The quantitative estimate of drug-likeness (QED) is 0.256. The summed E-state index contributed by atoms with van der Waals surface area (Å²) in [6.45, 7) is 0.861. The molecule has 9 nitrogen and oxygen atoms in total. The largest absolute Gasteiger partial charge is 0.476 e. The van der Waals surface area contributed by atoms with Gasteiger partial charge in [0.15, 0.2) is 5.69 Å². The Morgan fingerprint density at radius 3 is 1.84 bits per heavy atom. The fourth-order valence-corrected chi connectivity index (χ4v) is 4.99. The van der Waals surface area contributed by atoms with Gasteiger partial charge >= 0.3 is 5.97 Å². The van der Waals surface area contributed by atoms with E-state index in [0.29, 0.717) is 33.5 Å². The number of hydrogen-bond acceptors (Lipinski definition) is 8. The van der Waals surface area contributed by atoms with E-state index in [2.05, 4.69) is 20.6 Å². The molecule has 0 atom stereocenters. The standard InChI is InChI=1S/C26H25N5O4S2/c1-31(2)13-3-4-22(32)27-18-9-5-16(6-10-18)24-29-20(14-36-24)23(33)28-19-11-7-17(8-12-19)25-30-21(15-37-25)26(34)35/h5-12,14-15H,3-4,13H2,1-2H3,(H,27,32)(H,28,33)(H,34,35). The van der Waals surface area contributed by atoms with Gasteiger partial charge in [0.25, 0.3) is 5.91 Å². The van der Waals surface area contributed by atoms with Crippen LogP contribution in [0.1, 0.15) is 33.8 Å². The fraction of sp³-hybridized carbons (Fsp3) is 0.192. The van der Waals surface area contributed by atoms with Gasteiger partial charge in [-0.15, -0.1) is 22.7 Å². The molecule has 0 saturated heterocycles. The van der Waals surface area contributed by atoms with E-state index in [9.17, 15) is 14.4 Å². The molecule has 37 heavy (non-hydrogen) atoms. The maximum absolute atomic E-state index is 12.7. The van der Waals surface area contributed by atoms with Crippen LogP contribution in [0.5, 0.6) is 0 Å². The molecule has 0 saturated carbocycles. The second-order valence-corrected chi connectivity index (χ2v) is 10.2. The van der Waals surface area contributed by atoms with E-state index in [1.807, 2.05) is 43.3 Å². The number of nitrogens with zero attached hydrogens (tertiary/aromatic N) is 3. The molecule has 2 aromatic heterocycles. The van der Waals surface area contributed by atoms with Gasteiger partial charge in [-0.3, -0.25) is 9.59 Å². The number of anilines is 2. The van der Waals surface area contributed by atoms with Gasteiger partial charge in [0.1, 0.15) is 15.7 Å². The molecule has 0 radical (unpaired) electrons. The van der Waals surface area contributed by atoms with Crippen LogP contribution in [0, 0.1) is 0 Å². The third kappa shape index (κ3) is 7.06. The van der Waals surface area contributed by atoms with Crippen LogP contribution in [0.25, 0.3) is 21.1 Å². The third-order valence-electron chi connectivity index (χ3n) is 5.27. The lowest BCUT2D eigenvalue weighted by molar-refractivity contribution is -0.116. The summed E-state index contributed by atoms with van der Waals surface area (Å²) in [4.78, 5) is 46.4. The number of amides is 2. The van der Waals surface area contributed by atoms with Crippen LogP contribution >= 0.6 is 22.7 Å². The van der Waals surface area contributed by atoms with Crippen LogP contribution < -0.4 is 10.6 Å². The fourth-order valence-electron chi connectivity index (χ4n) is 3.38. The predicted octanol–water partition coefficient (Wildman–Crippen LogP) is 5.16. The van der Waals surface area contributed by atoms with E-state index in [1.165, 1.54) is 28.1 Å². The molecule has 190 valence electrons. The van der Waals surface area contributed by atoms with Gasteiger partial charge in [0.05, 0.1) is 0 Å². The molecule has 0 aliphatic carbocycles. The SMILES string of the molecule is CN(C)CCCC(=O)Nc1ccc(-c2nc(C(=O)Nc3ccc(-c4nc(C(=O)O)cs4)cc3)cs2)cc1. The van der Waals surface area contributed by atoms with E-state index in [0.717, 1.165) is 24.1 Å². The van der Waals surface area contributed by atoms with E-state index < -0.39 is 5.97 Å². The first kappa shape index (κ1) is 26.1. The summed E-state index contributed by atoms with van der Waals surface area (Å²) in [6.07, 6.45) is 1.26. The van der Waals surface area contributed by atoms with Crippen molar-refractivity contribution in [3.05, 3.63) is 70.7 Å². The summed E-state index contributed by atoms with van der Waals surface area (Å²) < 4.78 is 0. The van der Waals surface area contributed by atoms with Gasteiger partial charge in [0.2, 0.25) is 5.91 Å². The maximum atomic E-state index is 12.7. The first-order valence-electron chi connectivity index (χ1n) is 11.4. The van der Waals surface area contributed by atoms with Crippen LogP contribution in [-0.4, -0.2) is 58.4 Å². The van der Waals surface area contributed by atoms with Crippen molar-refractivity contribution in [1.29, 1.82) is 0 Å². The van der Waals surface area contributed by atoms with Crippen molar-refractivity contribution in [2.24, 2.45) is 0 Å². The summed E-state index contributed by atoms with van der Waals surface area (Å²) in [5.41, 5.74) is 3.22. The molecule has 2 amide bonds. The van der Waals surface area contributed by atoms with Crippen molar-refractivity contribution in [3.8, 4) is 21.1 Å². The zero-order valence-corrected chi connectivity index (χ0v) is 21.9. The molecular formula is C26H25N5O4S2. The number of aromatic carboxylic acids is 1. The molecule has 3 N–H and O–H groups in total. The highest BCUT2D eigenvalue weighted by atomic mass is 32.1. The number of carbonyl (C=O) groups excluding carboxylic acids is 2. The van der Waals surface area contributed by atoms with Crippen molar-refractivity contribution in [1.82, 2.24) is 14.9 Å².